The molecule has 198 valence electrons. The first-order valence-electron chi connectivity index (χ1n) is 12.4. The molecule has 0 saturated carbocycles. The van der Waals surface area contributed by atoms with Crippen LogP contribution < -0.4 is 9.47 Å². The molecule has 0 radical (unpaired) electrons. The number of ether oxygens (including phenoxy) is 3. The summed E-state index contributed by atoms with van der Waals surface area (Å²) in [5.41, 5.74) is -0.918. The van der Waals surface area contributed by atoms with Crippen LogP contribution in [0.4, 0.5) is 13.2 Å². The molecule has 5 rings (SSSR count). The Morgan fingerprint density at radius 3 is 2.57 bits per heavy atom. The number of halogens is 3. The minimum Gasteiger partial charge on any atom is -0.493 e. The number of aromatic nitrogens is 3. The SMILES string of the molecule is COc1ccc(-c2cc(C(F)(F)F)n3nc(C(=O)OC[C@@H]4CCCN5CCCC[C@@H]45)cc3n2)cc1OC. The van der Waals surface area contributed by atoms with Gasteiger partial charge >= 0.3 is 12.1 Å². The fourth-order valence-electron chi connectivity index (χ4n) is 5.45. The highest BCUT2D eigenvalue weighted by Gasteiger charge is 2.37. The zero-order chi connectivity index (χ0) is 26.2. The van der Waals surface area contributed by atoms with Crippen molar-refractivity contribution in [3.8, 4) is 22.8 Å². The molecule has 3 aromatic rings. The lowest BCUT2D eigenvalue weighted by atomic mass is 9.84. The number of esters is 1. The second-order valence-corrected chi connectivity index (χ2v) is 9.49. The predicted octanol–water partition coefficient (Wildman–Crippen LogP) is 4.85. The van der Waals surface area contributed by atoms with Crippen LogP contribution in [0.15, 0.2) is 30.3 Å². The molecule has 4 heterocycles. The summed E-state index contributed by atoms with van der Waals surface area (Å²) in [4.78, 5) is 19.6. The lowest BCUT2D eigenvalue weighted by Crippen LogP contribution is -2.49. The number of piperidine rings is 2. The molecule has 0 spiro atoms. The van der Waals surface area contributed by atoms with Gasteiger partial charge in [0.15, 0.2) is 28.5 Å². The Balaban J connectivity index is 1.42. The molecule has 2 aliphatic rings. The summed E-state index contributed by atoms with van der Waals surface area (Å²) in [6.07, 6.45) is 0.704. The van der Waals surface area contributed by atoms with E-state index in [-0.39, 0.29) is 29.6 Å². The van der Waals surface area contributed by atoms with E-state index in [0.717, 1.165) is 44.8 Å². The summed E-state index contributed by atoms with van der Waals surface area (Å²) >= 11 is 0. The topological polar surface area (TPSA) is 78.2 Å². The molecule has 2 fully saturated rings. The maximum Gasteiger partial charge on any atom is 0.433 e. The van der Waals surface area contributed by atoms with E-state index < -0.39 is 17.8 Å². The second-order valence-electron chi connectivity index (χ2n) is 9.49. The zero-order valence-electron chi connectivity index (χ0n) is 20.8. The molecule has 0 aliphatic carbocycles. The van der Waals surface area contributed by atoms with Gasteiger partial charge in [0.05, 0.1) is 26.5 Å². The molecule has 1 aromatic carbocycles. The van der Waals surface area contributed by atoms with Crippen molar-refractivity contribution in [3.05, 3.63) is 41.7 Å². The normalized spacial score (nSPS) is 20.5. The van der Waals surface area contributed by atoms with Crippen molar-refractivity contribution < 1.29 is 32.2 Å². The van der Waals surface area contributed by atoms with Crippen LogP contribution in [0.2, 0.25) is 0 Å². The van der Waals surface area contributed by atoms with Crippen molar-refractivity contribution in [2.45, 2.75) is 44.3 Å². The quantitative estimate of drug-likeness (QED) is 0.432. The molecule has 8 nitrogen and oxygen atoms in total. The molecular weight excluding hydrogens is 489 g/mol. The molecule has 0 bridgehead atoms. The Morgan fingerprint density at radius 2 is 1.81 bits per heavy atom. The van der Waals surface area contributed by atoms with Crippen LogP contribution in [0.25, 0.3) is 16.9 Å². The van der Waals surface area contributed by atoms with Gasteiger partial charge in [-0.2, -0.15) is 18.3 Å². The maximum atomic E-state index is 14.0. The number of nitrogens with zero attached hydrogens (tertiary/aromatic N) is 4. The van der Waals surface area contributed by atoms with E-state index in [4.69, 9.17) is 14.2 Å². The molecule has 2 aliphatic heterocycles. The first-order chi connectivity index (χ1) is 17.8. The van der Waals surface area contributed by atoms with E-state index >= 15 is 0 Å². The van der Waals surface area contributed by atoms with Crippen LogP contribution in [-0.2, 0) is 10.9 Å². The minimum absolute atomic E-state index is 0.0557. The first kappa shape index (κ1) is 25.3. The summed E-state index contributed by atoms with van der Waals surface area (Å²) < 4.78 is 58.6. The monoisotopic (exact) mass is 518 g/mol. The highest BCUT2D eigenvalue weighted by Crippen LogP contribution is 2.36. The molecule has 37 heavy (non-hydrogen) atoms. The van der Waals surface area contributed by atoms with E-state index in [9.17, 15) is 18.0 Å². The number of hydrogen-bond donors (Lipinski definition) is 0. The molecule has 2 saturated heterocycles. The summed E-state index contributed by atoms with van der Waals surface area (Å²) in [6.45, 7) is 2.36. The van der Waals surface area contributed by atoms with E-state index in [0.29, 0.717) is 27.6 Å². The smallest absolute Gasteiger partial charge is 0.433 e. The number of rotatable bonds is 6. The summed E-state index contributed by atoms with van der Waals surface area (Å²) in [5, 5.41) is 3.92. The molecule has 2 aromatic heterocycles. The van der Waals surface area contributed by atoms with Crippen LogP contribution in [0.5, 0.6) is 11.5 Å². The van der Waals surface area contributed by atoms with Crippen LogP contribution >= 0.6 is 0 Å². The van der Waals surface area contributed by atoms with Gasteiger partial charge in [0.25, 0.3) is 0 Å². The van der Waals surface area contributed by atoms with Gasteiger partial charge in [-0.15, -0.1) is 0 Å². The van der Waals surface area contributed by atoms with E-state index in [1.807, 2.05) is 0 Å². The van der Waals surface area contributed by atoms with Crippen molar-refractivity contribution in [2.24, 2.45) is 5.92 Å². The van der Waals surface area contributed by atoms with Gasteiger partial charge in [0.2, 0.25) is 0 Å². The van der Waals surface area contributed by atoms with Crippen molar-refractivity contribution in [1.29, 1.82) is 0 Å². The maximum absolute atomic E-state index is 14.0. The van der Waals surface area contributed by atoms with E-state index in [1.165, 1.54) is 26.7 Å². The van der Waals surface area contributed by atoms with Gasteiger partial charge < -0.3 is 14.2 Å². The lowest BCUT2D eigenvalue weighted by Gasteiger charge is -2.44. The van der Waals surface area contributed by atoms with Gasteiger partial charge in [-0.25, -0.2) is 14.3 Å². The van der Waals surface area contributed by atoms with Gasteiger partial charge in [-0.3, -0.25) is 4.90 Å². The van der Waals surface area contributed by atoms with Crippen molar-refractivity contribution in [3.63, 3.8) is 0 Å². The molecule has 2 atom stereocenters. The Bertz CT molecular complexity index is 1290. The minimum atomic E-state index is -4.73. The van der Waals surface area contributed by atoms with Crippen molar-refractivity contribution >= 4 is 11.6 Å². The van der Waals surface area contributed by atoms with Crippen molar-refractivity contribution in [1.82, 2.24) is 19.5 Å². The molecular formula is C26H29F3N4O4. The fraction of sp³-hybridized carbons (Fsp3) is 0.500. The Morgan fingerprint density at radius 1 is 1.03 bits per heavy atom. The Hall–Kier alpha value is -3.34. The van der Waals surface area contributed by atoms with Gasteiger partial charge in [-0.1, -0.05) is 6.42 Å². The van der Waals surface area contributed by atoms with Crippen LogP contribution in [0.1, 0.15) is 48.3 Å². The van der Waals surface area contributed by atoms with E-state index in [2.05, 4.69) is 15.0 Å². The predicted molar refractivity (Wildman–Crippen MR) is 129 cm³/mol. The summed E-state index contributed by atoms with van der Waals surface area (Å²) in [5.74, 6) is 0.258. The van der Waals surface area contributed by atoms with Gasteiger partial charge in [0.1, 0.15) is 0 Å². The summed E-state index contributed by atoms with van der Waals surface area (Å²) in [6, 6.07) is 7.24. The second kappa shape index (κ2) is 10.2. The van der Waals surface area contributed by atoms with Gasteiger partial charge in [-0.05, 0) is 63.0 Å². The average Bonchev–Trinajstić information content (AvgIpc) is 3.34. The lowest BCUT2D eigenvalue weighted by molar-refractivity contribution is -0.142. The largest absolute Gasteiger partial charge is 0.493 e. The Kier molecular flexibility index (Phi) is 6.98. The third kappa shape index (κ3) is 5.09. The van der Waals surface area contributed by atoms with Gasteiger partial charge in [0, 0.05) is 23.6 Å². The first-order valence-corrected chi connectivity index (χ1v) is 12.4. The fourth-order valence-corrected chi connectivity index (χ4v) is 5.45. The molecule has 0 N–H and O–H groups in total. The number of carbonyl (C=O) groups excluding carboxylic acids is 1. The standard InChI is InChI=1S/C26H29F3N4O4/c1-35-21-9-8-16(12-22(21)36-2)18-13-23(26(27,28)29)33-24(30-18)14-19(31-33)25(34)37-15-17-6-5-11-32-10-4-3-7-20(17)32/h8-9,12-14,17,20H,3-7,10-11,15H2,1-2H3/t17-,20-/m0/s1. The van der Waals surface area contributed by atoms with Crippen molar-refractivity contribution in [2.75, 3.05) is 33.9 Å². The molecule has 0 unspecified atom stereocenters. The Labute approximate surface area is 212 Å². The summed E-state index contributed by atoms with van der Waals surface area (Å²) in [7, 11) is 2.91. The third-order valence-corrected chi connectivity index (χ3v) is 7.26. The van der Waals surface area contributed by atoms with Crippen LogP contribution in [0, 0.1) is 5.92 Å². The highest BCUT2D eigenvalue weighted by molar-refractivity contribution is 5.88. The molecule has 11 heteroatoms. The highest BCUT2D eigenvalue weighted by atomic mass is 19.4. The van der Waals surface area contributed by atoms with Crippen LogP contribution in [0.3, 0.4) is 0 Å². The number of hydrogen-bond acceptors (Lipinski definition) is 7. The number of benzene rings is 1. The van der Waals surface area contributed by atoms with Crippen LogP contribution in [-0.4, -0.2) is 65.4 Å². The number of alkyl halides is 3. The van der Waals surface area contributed by atoms with E-state index in [1.54, 1.807) is 18.2 Å². The molecule has 0 amide bonds. The zero-order valence-corrected chi connectivity index (χ0v) is 20.8. The average molecular weight is 519 g/mol. The number of fused-ring (bicyclic) bond motifs is 2. The number of carbonyl (C=O) groups is 1. The third-order valence-electron chi connectivity index (χ3n) is 7.26. The number of methoxy groups -OCH3 is 2.